The van der Waals surface area contributed by atoms with Crippen molar-refractivity contribution in [2.45, 2.75) is 10.6 Å². The van der Waals surface area contributed by atoms with Gasteiger partial charge in [-0.1, -0.05) is 0 Å². The van der Waals surface area contributed by atoms with Gasteiger partial charge in [0.2, 0.25) is 0 Å². The molecule has 0 aliphatic heterocycles. The maximum absolute atomic E-state index is 11.7. The molecule has 0 unspecified atom stereocenters. The van der Waals surface area contributed by atoms with Crippen LogP contribution in [0.2, 0.25) is 0 Å². The van der Waals surface area contributed by atoms with Gasteiger partial charge in [-0.2, -0.15) is 0 Å². The molecule has 2 N–H and O–H groups in total. The molecule has 6 heteroatoms. The second-order valence-corrected chi connectivity index (χ2v) is 6.59. The van der Waals surface area contributed by atoms with Gasteiger partial charge in [0.1, 0.15) is 4.21 Å². The van der Waals surface area contributed by atoms with Crippen LogP contribution in [-0.2, 0) is 16.4 Å². The molecule has 1 aromatic rings. The summed E-state index contributed by atoms with van der Waals surface area (Å²) in [6, 6.07) is 3.44. The Morgan fingerprint density at radius 1 is 1.43 bits per heavy atom. The van der Waals surface area contributed by atoms with Crippen molar-refractivity contribution < 1.29 is 8.42 Å². The Bertz CT molecular complexity index is 395. The first-order chi connectivity index (χ1) is 6.48. The van der Waals surface area contributed by atoms with E-state index >= 15 is 0 Å². The molecule has 0 aliphatic carbocycles. The molecule has 0 atom stereocenters. The largest absolute Gasteiger partial charge is 0.330 e. The fourth-order valence-electron chi connectivity index (χ4n) is 0.953. The molecular weight excluding hydrogens is 220 g/mol. The summed E-state index contributed by atoms with van der Waals surface area (Å²) in [6.07, 6.45) is 0.730. The Morgan fingerprint density at radius 3 is 2.57 bits per heavy atom. The molecule has 1 heterocycles. The average Bonchev–Trinajstić information content (AvgIpc) is 2.53. The maximum atomic E-state index is 11.7. The lowest BCUT2D eigenvalue weighted by Crippen LogP contribution is -2.21. The summed E-state index contributed by atoms with van der Waals surface area (Å²) in [5, 5.41) is 0. The fraction of sp³-hybridized carbons (Fsp3) is 0.500. The number of thiophene rings is 1. The number of sulfonamides is 1. The Morgan fingerprint density at radius 2 is 2.07 bits per heavy atom. The third-order valence-electron chi connectivity index (χ3n) is 1.76. The van der Waals surface area contributed by atoms with Crippen LogP contribution < -0.4 is 5.73 Å². The smallest absolute Gasteiger partial charge is 0.252 e. The van der Waals surface area contributed by atoms with E-state index in [4.69, 9.17) is 5.73 Å². The molecule has 1 aromatic heterocycles. The van der Waals surface area contributed by atoms with Crippen molar-refractivity contribution in [3.05, 3.63) is 17.0 Å². The molecule has 0 aliphatic rings. The van der Waals surface area contributed by atoms with Crippen LogP contribution in [0, 0.1) is 0 Å². The predicted octanol–water partition coefficient (Wildman–Crippen LogP) is 0.500. The van der Waals surface area contributed by atoms with Gasteiger partial charge >= 0.3 is 0 Å². The molecule has 80 valence electrons. The van der Waals surface area contributed by atoms with E-state index in [0.717, 1.165) is 11.3 Å². The molecule has 4 nitrogen and oxygen atoms in total. The first-order valence-electron chi connectivity index (χ1n) is 4.20. The summed E-state index contributed by atoms with van der Waals surface area (Å²) >= 11 is 1.28. The summed E-state index contributed by atoms with van der Waals surface area (Å²) in [5.41, 5.74) is 5.39. The second-order valence-electron chi connectivity index (χ2n) is 3.05. The van der Waals surface area contributed by atoms with Crippen LogP contribution in [0.5, 0.6) is 0 Å². The van der Waals surface area contributed by atoms with E-state index < -0.39 is 10.0 Å². The van der Waals surface area contributed by atoms with E-state index in [9.17, 15) is 8.42 Å². The van der Waals surface area contributed by atoms with Crippen LogP contribution in [0.25, 0.3) is 0 Å². The lowest BCUT2D eigenvalue weighted by atomic mass is 10.3. The Hall–Kier alpha value is -0.430. The highest BCUT2D eigenvalue weighted by Crippen LogP contribution is 2.23. The minimum absolute atomic E-state index is 0.381. The third kappa shape index (κ3) is 2.33. The van der Waals surface area contributed by atoms with Gasteiger partial charge in [-0.15, -0.1) is 11.3 Å². The fourth-order valence-corrected chi connectivity index (χ4v) is 3.49. The van der Waals surface area contributed by atoms with E-state index in [0.29, 0.717) is 10.8 Å². The highest BCUT2D eigenvalue weighted by molar-refractivity contribution is 7.91. The van der Waals surface area contributed by atoms with Crippen molar-refractivity contribution in [2.75, 3.05) is 20.6 Å². The van der Waals surface area contributed by atoms with E-state index in [1.807, 2.05) is 6.07 Å². The van der Waals surface area contributed by atoms with Crippen LogP contribution in [0.15, 0.2) is 16.3 Å². The van der Waals surface area contributed by atoms with Gasteiger partial charge in [0.15, 0.2) is 0 Å². The average molecular weight is 234 g/mol. The number of nitrogens with two attached hydrogens (primary N) is 1. The van der Waals surface area contributed by atoms with Gasteiger partial charge in [-0.25, -0.2) is 12.7 Å². The van der Waals surface area contributed by atoms with Gasteiger partial charge in [0.25, 0.3) is 10.0 Å². The number of rotatable bonds is 4. The Labute approximate surface area is 88.4 Å². The molecule has 0 spiro atoms. The molecule has 0 saturated heterocycles. The molecule has 0 bridgehead atoms. The van der Waals surface area contributed by atoms with Crippen molar-refractivity contribution in [1.82, 2.24) is 4.31 Å². The Kier molecular flexibility index (Phi) is 3.65. The highest BCUT2D eigenvalue weighted by atomic mass is 32.2. The molecule has 0 saturated carbocycles. The topological polar surface area (TPSA) is 63.4 Å². The predicted molar refractivity (Wildman–Crippen MR) is 58.0 cm³/mol. The zero-order chi connectivity index (χ0) is 10.8. The van der Waals surface area contributed by atoms with Gasteiger partial charge in [0, 0.05) is 19.0 Å². The Balaban J connectivity index is 2.98. The SMILES string of the molecule is CN(C)S(=O)(=O)c1ccc(CCN)s1. The zero-order valence-electron chi connectivity index (χ0n) is 8.23. The monoisotopic (exact) mass is 234 g/mol. The first-order valence-corrected chi connectivity index (χ1v) is 6.45. The van der Waals surface area contributed by atoms with Gasteiger partial charge in [-0.05, 0) is 25.1 Å². The van der Waals surface area contributed by atoms with E-state index in [2.05, 4.69) is 0 Å². The van der Waals surface area contributed by atoms with Crippen molar-refractivity contribution in [2.24, 2.45) is 5.73 Å². The molecule has 0 aromatic carbocycles. The molecule has 0 amide bonds. The van der Waals surface area contributed by atoms with Crippen molar-refractivity contribution >= 4 is 21.4 Å². The summed E-state index contributed by atoms with van der Waals surface area (Å²) in [7, 11) is -0.212. The minimum atomic E-state index is -3.26. The minimum Gasteiger partial charge on any atom is -0.330 e. The van der Waals surface area contributed by atoms with Crippen LogP contribution in [0.3, 0.4) is 0 Å². The quantitative estimate of drug-likeness (QED) is 0.825. The number of hydrogen-bond acceptors (Lipinski definition) is 4. The lowest BCUT2D eigenvalue weighted by Gasteiger charge is -2.08. The van der Waals surface area contributed by atoms with Gasteiger partial charge < -0.3 is 5.73 Å². The van der Waals surface area contributed by atoms with Crippen molar-refractivity contribution in [3.63, 3.8) is 0 Å². The van der Waals surface area contributed by atoms with Gasteiger partial charge in [-0.3, -0.25) is 0 Å². The van der Waals surface area contributed by atoms with E-state index in [-0.39, 0.29) is 0 Å². The van der Waals surface area contributed by atoms with Crippen molar-refractivity contribution in [3.8, 4) is 0 Å². The number of nitrogens with zero attached hydrogens (tertiary/aromatic N) is 1. The normalized spacial score (nSPS) is 12.3. The molecule has 0 fully saturated rings. The standard InChI is InChI=1S/C8H14N2O2S2/c1-10(2)14(11,12)8-4-3-7(13-8)5-6-9/h3-4H,5-6,9H2,1-2H3. The molecular formula is C8H14N2O2S2. The van der Waals surface area contributed by atoms with Crippen LogP contribution in [0.1, 0.15) is 4.88 Å². The highest BCUT2D eigenvalue weighted by Gasteiger charge is 2.18. The van der Waals surface area contributed by atoms with Gasteiger partial charge in [0.05, 0.1) is 0 Å². The molecule has 14 heavy (non-hydrogen) atoms. The number of hydrogen-bond donors (Lipinski definition) is 1. The summed E-state index contributed by atoms with van der Waals surface area (Å²) in [6.45, 7) is 0.544. The summed E-state index contributed by atoms with van der Waals surface area (Å²) in [4.78, 5) is 1.01. The molecule has 0 radical (unpaired) electrons. The summed E-state index contributed by atoms with van der Waals surface area (Å²) < 4.78 is 24.9. The van der Waals surface area contributed by atoms with E-state index in [1.54, 1.807) is 6.07 Å². The van der Waals surface area contributed by atoms with Crippen LogP contribution in [0.4, 0.5) is 0 Å². The third-order valence-corrected chi connectivity index (χ3v) is 5.19. The van der Waals surface area contributed by atoms with Crippen molar-refractivity contribution in [1.29, 1.82) is 0 Å². The summed E-state index contributed by atoms with van der Waals surface area (Å²) in [5.74, 6) is 0. The van der Waals surface area contributed by atoms with E-state index in [1.165, 1.54) is 29.7 Å². The zero-order valence-corrected chi connectivity index (χ0v) is 9.86. The molecule has 1 rings (SSSR count). The van der Waals surface area contributed by atoms with Crippen LogP contribution in [-0.4, -0.2) is 33.4 Å². The first kappa shape index (κ1) is 11.6. The van der Waals surface area contributed by atoms with Crippen LogP contribution >= 0.6 is 11.3 Å². The second kappa shape index (κ2) is 4.39. The lowest BCUT2D eigenvalue weighted by molar-refractivity contribution is 0.523. The maximum Gasteiger partial charge on any atom is 0.252 e.